The zero-order valence-electron chi connectivity index (χ0n) is 10.6. The molecule has 1 aromatic carbocycles. The van der Waals surface area contributed by atoms with Crippen LogP contribution in [0.25, 0.3) is 11.0 Å². The minimum atomic E-state index is -0.0584. The fourth-order valence-corrected chi connectivity index (χ4v) is 2.85. The van der Waals surface area contributed by atoms with Crippen molar-refractivity contribution in [1.82, 2.24) is 15.0 Å². The van der Waals surface area contributed by atoms with Gasteiger partial charge in [-0.15, -0.1) is 11.3 Å². The van der Waals surface area contributed by atoms with E-state index in [0.717, 1.165) is 33.7 Å². The van der Waals surface area contributed by atoms with Gasteiger partial charge in [-0.1, -0.05) is 6.07 Å². The van der Waals surface area contributed by atoms with Crippen molar-refractivity contribution in [2.45, 2.75) is 19.4 Å². The van der Waals surface area contributed by atoms with Gasteiger partial charge in [-0.2, -0.15) is 0 Å². The standard InChI is InChI=1S/C14H14N4S/c1-9-8-19-14(18-9)7-11(15)10-2-3-12-13(6-10)17-5-4-16-12/h2-6,8,11H,7,15H2,1H3. The number of rotatable bonds is 3. The second kappa shape index (κ2) is 5.03. The minimum Gasteiger partial charge on any atom is -0.324 e. The number of hydrogen-bond donors (Lipinski definition) is 1. The van der Waals surface area contributed by atoms with E-state index in [-0.39, 0.29) is 6.04 Å². The summed E-state index contributed by atoms with van der Waals surface area (Å²) < 4.78 is 0. The highest BCUT2D eigenvalue weighted by atomic mass is 32.1. The van der Waals surface area contributed by atoms with Gasteiger partial charge in [-0.3, -0.25) is 9.97 Å². The van der Waals surface area contributed by atoms with Crippen LogP contribution in [-0.2, 0) is 6.42 Å². The first-order chi connectivity index (χ1) is 9.22. The Labute approximate surface area is 115 Å². The van der Waals surface area contributed by atoms with Crippen LogP contribution in [0.4, 0.5) is 0 Å². The topological polar surface area (TPSA) is 64.7 Å². The average molecular weight is 270 g/mol. The molecule has 3 aromatic rings. The Morgan fingerprint density at radius 1 is 1.21 bits per heavy atom. The van der Waals surface area contributed by atoms with Gasteiger partial charge >= 0.3 is 0 Å². The Morgan fingerprint density at radius 3 is 2.74 bits per heavy atom. The summed E-state index contributed by atoms with van der Waals surface area (Å²) in [7, 11) is 0. The lowest BCUT2D eigenvalue weighted by Gasteiger charge is -2.10. The van der Waals surface area contributed by atoms with Crippen LogP contribution in [0.1, 0.15) is 22.3 Å². The molecule has 0 amide bonds. The first kappa shape index (κ1) is 12.2. The fraction of sp³-hybridized carbons (Fsp3) is 0.214. The molecule has 96 valence electrons. The van der Waals surface area contributed by atoms with Crippen LogP contribution in [0, 0.1) is 6.92 Å². The number of nitrogens with two attached hydrogens (primary N) is 1. The van der Waals surface area contributed by atoms with Gasteiger partial charge in [0, 0.05) is 35.9 Å². The third-order valence-electron chi connectivity index (χ3n) is 2.98. The molecule has 19 heavy (non-hydrogen) atoms. The Kier molecular flexibility index (Phi) is 3.23. The Morgan fingerprint density at radius 2 is 2.00 bits per heavy atom. The van der Waals surface area contributed by atoms with Crippen molar-refractivity contribution in [3.05, 3.63) is 52.2 Å². The van der Waals surface area contributed by atoms with Crippen molar-refractivity contribution in [2.75, 3.05) is 0 Å². The monoisotopic (exact) mass is 270 g/mol. The van der Waals surface area contributed by atoms with Gasteiger partial charge in [0.2, 0.25) is 0 Å². The number of benzene rings is 1. The molecule has 0 saturated carbocycles. The second-order valence-electron chi connectivity index (χ2n) is 4.50. The quantitative estimate of drug-likeness (QED) is 0.794. The van der Waals surface area contributed by atoms with Gasteiger partial charge in [0.25, 0.3) is 0 Å². The van der Waals surface area contributed by atoms with Gasteiger partial charge in [-0.05, 0) is 24.6 Å². The molecule has 0 aliphatic rings. The number of hydrogen-bond acceptors (Lipinski definition) is 5. The molecule has 1 atom stereocenters. The van der Waals surface area contributed by atoms with E-state index in [9.17, 15) is 0 Å². The highest BCUT2D eigenvalue weighted by Crippen LogP contribution is 2.21. The first-order valence-electron chi connectivity index (χ1n) is 6.09. The highest BCUT2D eigenvalue weighted by Gasteiger charge is 2.10. The summed E-state index contributed by atoms with van der Waals surface area (Å²) in [6.45, 7) is 2.00. The molecule has 0 bridgehead atoms. The van der Waals surface area contributed by atoms with Crippen molar-refractivity contribution in [3.8, 4) is 0 Å². The zero-order chi connectivity index (χ0) is 13.2. The van der Waals surface area contributed by atoms with Crippen LogP contribution in [0.5, 0.6) is 0 Å². The lowest BCUT2D eigenvalue weighted by molar-refractivity contribution is 0.717. The van der Waals surface area contributed by atoms with Crippen LogP contribution < -0.4 is 5.73 Å². The smallest absolute Gasteiger partial charge is 0.0947 e. The Balaban J connectivity index is 1.86. The molecule has 3 rings (SSSR count). The number of nitrogens with zero attached hydrogens (tertiary/aromatic N) is 3. The fourth-order valence-electron chi connectivity index (χ4n) is 2.01. The Bertz CT molecular complexity index is 707. The van der Waals surface area contributed by atoms with Crippen LogP contribution in [0.2, 0.25) is 0 Å². The molecular weight excluding hydrogens is 256 g/mol. The van der Waals surface area contributed by atoms with Crippen molar-refractivity contribution in [2.24, 2.45) is 5.73 Å². The molecule has 5 heteroatoms. The summed E-state index contributed by atoms with van der Waals surface area (Å²) in [6, 6.07) is 5.93. The van der Waals surface area contributed by atoms with E-state index in [4.69, 9.17) is 5.73 Å². The summed E-state index contributed by atoms with van der Waals surface area (Å²) in [5.74, 6) is 0. The Hall–Kier alpha value is -1.85. The van der Waals surface area contributed by atoms with E-state index in [1.807, 2.05) is 30.5 Å². The molecule has 0 saturated heterocycles. The highest BCUT2D eigenvalue weighted by molar-refractivity contribution is 7.09. The third kappa shape index (κ3) is 2.62. The molecular formula is C14H14N4S. The molecule has 0 aliphatic carbocycles. The minimum absolute atomic E-state index is 0.0584. The molecule has 4 nitrogen and oxygen atoms in total. The summed E-state index contributed by atoms with van der Waals surface area (Å²) in [6.07, 6.45) is 4.15. The van der Waals surface area contributed by atoms with E-state index in [1.54, 1.807) is 23.7 Å². The largest absolute Gasteiger partial charge is 0.324 e. The zero-order valence-corrected chi connectivity index (χ0v) is 11.4. The van der Waals surface area contributed by atoms with Crippen LogP contribution in [-0.4, -0.2) is 15.0 Å². The maximum Gasteiger partial charge on any atom is 0.0947 e. The van der Waals surface area contributed by atoms with Crippen LogP contribution in [0.3, 0.4) is 0 Å². The number of fused-ring (bicyclic) bond motifs is 1. The maximum absolute atomic E-state index is 6.25. The molecule has 2 aromatic heterocycles. The molecule has 0 radical (unpaired) electrons. The van der Waals surface area contributed by atoms with E-state index in [0.29, 0.717) is 0 Å². The SMILES string of the molecule is Cc1csc(CC(N)c2ccc3nccnc3c2)n1. The van der Waals surface area contributed by atoms with Gasteiger partial charge in [0.1, 0.15) is 0 Å². The van der Waals surface area contributed by atoms with Crippen molar-refractivity contribution < 1.29 is 0 Å². The number of aromatic nitrogens is 3. The molecule has 1 unspecified atom stereocenters. The molecule has 2 heterocycles. The lowest BCUT2D eigenvalue weighted by atomic mass is 10.0. The summed E-state index contributed by atoms with van der Waals surface area (Å²) >= 11 is 1.66. The predicted octanol–water partition coefficient (Wildman–Crippen LogP) is 2.64. The second-order valence-corrected chi connectivity index (χ2v) is 5.44. The number of aryl methyl sites for hydroxylation is 1. The molecule has 0 spiro atoms. The first-order valence-corrected chi connectivity index (χ1v) is 6.97. The summed E-state index contributed by atoms with van der Waals surface area (Å²) in [5.41, 5.74) is 10.1. The van der Waals surface area contributed by atoms with Crippen molar-refractivity contribution in [3.63, 3.8) is 0 Å². The van der Waals surface area contributed by atoms with Crippen LogP contribution >= 0.6 is 11.3 Å². The molecule has 0 aliphatic heterocycles. The van der Waals surface area contributed by atoms with E-state index in [1.165, 1.54) is 0 Å². The van der Waals surface area contributed by atoms with Crippen molar-refractivity contribution >= 4 is 22.4 Å². The van der Waals surface area contributed by atoms with Gasteiger partial charge < -0.3 is 5.73 Å². The van der Waals surface area contributed by atoms with E-state index in [2.05, 4.69) is 15.0 Å². The maximum atomic E-state index is 6.25. The normalized spacial score (nSPS) is 12.7. The van der Waals surface area contributed by atoms with Crippen molar-refractivity contribution in [1.29, 1.82) is 0 Å². The molecule has 2 N–H and O–H groups in total. The van der Waals surface area contributed by atoms with Crippen LogP contribution in [0.15, 0.2) is 36.0 Å². The van der Waals surface area contributed by atoms with E-state index < -0.39 is 0 Å². The molecule has 0 fully saturated rings. The van der Waals surface area contributed by atoms with Gasteiger partial charge in [0.15, 0.2) is 0 Å². The summed E-state index contributed by atoms with van der Waals surface area (Å²) in [5, 5.41) is 3.12. The third-order valence-corrected chi connectivity index (χ3v) is 3.97. The summed E-state index contributed by atoms with van der Waals surface area (Å²) in [4.78, 5) is 13.0. The average Bonchev–Trinajstić information content (AvgIpc) is 2.83. The van der Waals surface area contributed by atoms with E-state index >= 15 is 0 Å². The predicted molar refractivity (Wildman–Crippen MR) is 77.0 cm³/mol. The lowest BCUT2D eigenvalue weighted by Crippen LogP contribution is -2.13. The van der Waals surface area contributed by atoms with Gasteiger partial charge in [0.05, 0.1) is 16.0 Å². The van der Waals surface area contributed by atoms with Gasteiger partial charge in [-0.25, -0.2) is 4.98 Å². The number of thiazole rings is 1.